The van der Waals surface area contributed by atoms with Gasteiger partial charge in [0.2, 0.25) is 5.91 Å². The lowest BCUT2D eigenvalue weighted by Crippen LogP contribution is -2.30. The molecule has 0 bridgehead atoms. The van der Waals surface area contributed by atoms with E-state index in [-0.39, 0.29) is 12.5 Å². The number of amides is 2. The number of hydrogen-bond acceptors (Lipinski definition) is 3. The molecule has 1 aromatic carbocycles. The van der Waals surface area contributed by atoms with E-state index < -0.39 is 5.91 Å². The Hall–Kier alpha value is -2.30. The Morgan fingerprint density at radius 2 is 1.91 bits per heavy atom. The lowest BCUT2D eigenvalue weighted by Gasteiger charge is -2.18. The minimum atomic E-state index is -0.513. The van der Waals surface area contributed by atoms with Gasteiger partial charge in [-0.05, 0) is 37.1 Å². The van der Waals surface area contributed by atoms with E-state index in [4.69, 9.17) is 10.5 Å². The number of carbonyl (C=O) groups excluding carboxylic acids is 2. The zero-order valence-electron chi connectivity index (χ0n) is 13.2. The first-order valence-corrected chi connectivity index (χ1v) is 7.55. The molecule has 1 rings (SSSR count). The number of rotatable bonds is 9. The zero-order valence-corrected chi connectivity index (χ0v) is 13.2. The Morgan fingerprint density at radius 3 is 2.45 bits per heavy atom. The van der Waals surface area contributed by atoms with Gasteiger partial charge < -0.3 is 15.4 Å². The molecule has 5 heteroatoms. The van der Waals surface area contributed by atoms with Crippen molar-refractivity contribution in [3.8, 4) is 5.75 Å². The van der Waals surface area contributed by atoms with Crippen LogP contribution in [0.4, 0.5) is 0 Å². The topological polar surface area (TPSA) is 72.6 Å². The molecule has 1 aromatic rings. The van der Waals surface area contributed by atoms with Crippen molar-refractivity contribution in [2.45, 2.75) is 26.7 Å². The van der Waals surface area contributed by atoms with Crippen LogP contribution in [0.25, 0.3) is 6.08 Å². The van der Waals surface area contributed by atoms with Crippen molar-refractivity contribution in [3.05, 3.63) is 35.9 Å². The van der Waals surface area contributed by atoms with Gasteiger partial charge in [-0.1, -0.05) is 25.5 Å². The fraction of sp³-hybridized carbons (Fsp3) is 0.412. The number of benzene rings is 1. The predicted molar refractivity (Wildman–Crippen MR) is 87.3 cm³/mol. The number of primary amides is 1. The predicted octanol–water partition coefficient (Wildman–Crippen LogP) is 2.21. The van der Waals surface area contributed by atoms with Gasteiger partial charge >= 0.3 is 0 Å². The summed E-state index contributed by atoms with van der Waals surface area (Å²) in [4.78, 5) is 24.5. The van der Waals surface area contributed by atoms with Crippen molar-refractivity contribution in [3.63, 3.8) is 0 Å². The van der Waals surface area contributed by atoms with E-state index in [1.807, 2.05) is 24.0 Å². The number of unbranched alkanes of at least 4 members (excludes halogenated alkanes) is 1. The Bertz CT molecular complexity index is 509. The summed E-state index contributed by atoms with van der Waals surface area (Å²) in [7, 11) is 0. The minimum Gasteiger partial charge on any atom is -0.484 e. The molecule has 0 aliphatic heterocycles. The molecule has 0 aromatic heterocycles. The molecule has 0 spiro atoms. The molecule has 0 aliphatic carbocycles. The summed E-state index contributed by atoms with van der Waals surface area (Å²) in [6, 6.07) is 7.12. The highest BCUT2D eigenvalue weighted by Crippen LogP contribution is 2.13. The second-order valence-electron chi connectivity index (χ2n) is 4.93. The molecule has 120 valence electrons. The summed E-state index contributed by atoms with van der Waals surface area (Å²) >= 11 is 0. The molecule has 0 saturated heterocycles. The van der Waals surface area contributed by atoms with Crippen LogP contribution in [0.1, 0.15) is 32.3 Å². The standard InChI is InChI=1S/C17H24N2O3/c1-3-5-12-19(4-2)17(21)11-8-14-6-9-15(10-7-14)22-13-16(18)20/h6-11H,3-5,12-13H2,1-2H3,(H2,18,20)/b11-8-. The van der Waals surface area contributed by atoms with E-state index in [9.17, 15) is 9.59 Å². The van der Waals surface area contributed by atoms with Gasteiger partial charge in [-0.15, -0.1) is 0 Å². The molecule has 0 radical (unpaired) electrons. The summed E-state index contributed by atoms with van der Waals surface area (Å²) in [5.41, 5.74) is 5.90. The monoisotopic (exact) mass is 304 g/mol. The first-order chi connectivity index (χ1) is 10.6. The lowest BCUT2D eigenvalue weighted by molar-refractivity contribution is -0.125. The maximum atomic E-state index is 12.1. The van der Waals surface area contributed by atoms with Crippen LogP contribution >= 0.6 is 0 Å². The Balaban J connectivity index is 2.57. The first-order valence-electron chi connectivity index (χ1n) is 7.55. The highest BCUT2D eigenvalue weighted by atomic mass is 16.5. The van der Waals surface area contributed by atoms with Crippen LogP contribution in [0.5, 0.6) is 5.75 Å². The molecule has 5 nitrogen and oxygen atoms in total. The van der Waals surface area contributed by atoms with Gasteiger partial charge in [0, 0.05) is 19.2 Å². The number of carbonyl (C=O) groups is 2. The molecule has 0 saturated carbocycles. The molecule has 0 atom stereocenters. The van der Waals surface area contributed by atoms with Crippen molar-refractivity contribution in [1.29, 1.82) is 0 Å². The molecular formula is C17H24N2O3. The van der Waals surface area contributed by atoms with E-state index in [1.165, 1.54) is 0 Å². The highest BCUT2D eigenvalue weighted by molar-refractivity contribution is 5.91. The largest absolute Gasteiger partial charge is 0.484 e. The number of ether oxygens (including phenoxy) is 1. The van der Waals surface area contributed by atoms with Gasteiger partial charge in [-0.3, -0.25) is 9.59 Å². The van der Waals surface area contributed by atoms with Crippen molar-refractivity contribution >= 4 is 17.9 Å². The number of likely N-dealkylation sites (N-methyl/N-ethyl adjacent to an activating group) is 1. The average molecular weight is 304 g/mol. The lowest BCUT2D eigenvalue weighted by atomic mass is 10.2. The average Bonchev–Trinajstić information content (AvgIpc) is 2.52. The summed E-state index contributed by atoms with van der Waals surface area (Å²) in [5.74, 6) is 0.0757. The normalized spacial score (nSPS) is 10.6. The fourth-order valence-electron chi connectivity index (χ4n) is 1.88. The van der Waals surface area contributed by atoms with Crippen molar-refractivity contribution < 1.29 is 14.3 Å². The minimum absolute atomic E-state index is 0.0185. The maximum Gasteiger partial charge on any atom is 0.255 e. The van der Waals surface area contributed by atoms with Crippen LogP contribution < -0.4 is 10.5 Å². The highest BCUT2D eigenvalue weighted by Gasteiger charge is 2.06. The third-order valence-electron chi connectivity index (χ3n) is 3.15. The van der Waals surface area contributed by atoms with Crippen LogP contribution in [0.15, 0.2) is 30.3 Å². The van der Waals surface area contributed by atoms with Crippen LogP contribution in [-0.2, 0) is 9.59 Å². The third kappa shape index (κ3) is 6.43. The molecular weight excluding hydrogens is 280 g/mol. The van der Waals surface area contributed by atoms with Gasteiger partial charge in [0.15, 0.2) is 6.61 Å². The molecule has 22 heavy (non-hydrogen) atoms. The quantitative estimate of drug-likeness (QED) is 0.711. The van der Waals surface area contributed by atoms with Crippen LogP contribution in [-0.4, -0.2) is 36.4 Å². The smallest absolute Gasteiger partial charge is 0.255 e. The molecule has 0 aliphatic rings. The fourth-order valence-corrected chi connectivity index (χ4v) is 1.88. The van der Waals surface area contributed by atoms with Gasteiger partial charge in [-0.2, -0.15) is 0 Å². The summed E-state index contributed by atoms with van der Waals surface area (Å²) < 4.78 is 5.17. The van der Waals surface area contributed by atoms with Crippen molar-refractivity contribution in [2.75, 3.05) is 19.7 Å². The summed E-state index contributed by atoms with van der Waals surface area (Å²) in [5, 5.41) is 0. The van der Waals surface area contributed by atoms with Gasteiger partial charge in [0.25, 0.3) is 5.91 Å². The van der Waals surface area contributed by atoms with E-state index in [0.29, 0.717) is 12.3 Å². The molecule has 0 unspecified atom stereocenters. The number of nitrogens with zero attached hydrogens (tertiary/aromatic N) is 1. The van der Waals surface area contributed by atoms with Gasteiger partial charge in [0.1, 0.15) is 5.75 Å². The van der Waals surface area contributed by atoms with E-state index >= 15 is 0 Å². The Morgan fingerprint density at radius 1 is 1.23 bits per heavy atom. The SMILES string of the molecule is CCCCN(CC)C(=O)/C=C\c1ccc(OCC(N)=O)cc1. The summed E-state index contributed by atoms with van der Waals surface area (Å²) in [6.07, 6.45) is 5.44. The Kier molecular flexibility index (Phi) is 7.75. The third-order valence-corrected chi connectivity index (χ3v) is 3.15. The van der Waals surface area contributed by atoms with Crippen molar-refractivity contribution in [1.82, 2.24) is 4.90 Å². The molecule has 2 N–H and O–H groups in total. The van der Waals surface area contributed by atoms with Crippen molar-refractivity contribution in [2.24, 2.45) is 5.73 Å². The second-order valence-corrected chi connectivity index (χ2v) is 4.93. The van der Waals surface area contributed by atoms with Crippen LogP contribution in [0.2, 0.25) is 0 Å². The summed E-state index contributed by atoms with van der Waals surface area (Å²) in [6.45, 7) is 5.44. The molecule has 0 heterocycles. The number of nitrogens with two attached hydrogens (primary N) is 1. The van der Waals surface area contributed by atoms with E-state index in [2.05, 4.69) is 6.92 Å². The molecule has 2 amide bonds. The molecule has 0 fully saturated rings. The van der Waals surface area contributed by atoms with E-state index in [0.717, 1.165) is 24.9 Å². The van der Waals surface area contributed by atoms with Crippen LogP contribution in [0.3, 0.4) is 0 Å². The Labute approximate surface area is 131 Å². The zero-order chi connectivity index (χ0) is 16.4. The first kappa shape index (κ1) is 17.8. The van der Waals surface area contributed by atoms with Crippen LogP contribution in [0, 0.1) is 0 Å². The number of hydrogen-bond donors (Lipinski definition) is 1. The maximum absolute atomic E-state index is 12.1. The van der Waals surface area contributed by atoms with Gasteiger partial charge in [-0.25, -0.2) is 0 Å². The second kappa shape index (κ2) is 9.60. The van der Waals surface area contributed by atoms with Gasteiger partial charge in [0.05, 0.1) is 0 Å². The van der Waals surface area contributed by atoms with E-state index in [1.54, 1.807) is 24.3 Å².